The molecular formula is C23H36O6. The summed E-state index contributed by atoms with van der Waals surface area (Å²) < 4.78 is 16.8. The zero-order valence-electron chi connectivity index (χ0n) is 18.6. The van der Waals surface area contributed by atoms with Crippen LogP contribution >= 0.6 is 0 Å². The van der Waals surface area contributed by atoms with E-state index in [1.54, 1.807) is 13.8 Å². The van der Waals surface area contributed by atoms with Gasteiger partial charge in [-0.2, -0.15) is 0 Å². The van der Waals surface area contributed by atoms with E-state index in [2.05, 4.69) is 12.2 Å². The first-order valence-corrected chi connectivity index (χ1v) is 10.2. The fraction of sp³-hybridized carbons (Fsp3) is 0.652. The molecule has 164 valence electrons. The van der Waals surface area contributed by atoms with Gasteiger partial charge in [0.1, 0.15) is 6.10 Å². The van der Waals surface area contributed by atoms with Gasteiger partial charge in [0.05, 0.1) is 24.0 Å². The molecule has 0 amide bonds. The summed E-state index contributed by atoms with van der Waals surface area (Å²) in [5, 5.41) is 8.44. The Balaban J connectivity index is 0.000000447. The smallest absolute Gasteiger partial charge is 0.311 e. The Bertz CT molecular complexity index is 634. The Morgan fingerprint density at radius 3 is 2.14 bits per heavy atom. The summed E-state index contributed by atoms with van der Waals surface area (Å²) in [6.45, 7) is 11.8. The van der Waals surface area contributed by atoms with Gasteiger partial charge in [-0.25, -0.2) is 0 Å². The third kappa shape index (κ3) is 8.15. The number of carbonyl (C=O) groups is 2. The minimum Gasteiger partial charge on any atom is -0.481 e. The highest BCUT2D eigenvalue weighted by Crippen LogP contribution is 2.24. The van der Waals surface area contributed by atoms with Gasteiger partial charge in [-0.1, -0.05) is 44.2 Å². The van der Waals surface area contributed by atoms with Gasteiger partial charge in [0.25, 0.3) is 0 Å². The molecule has 0 atom stereocenters. The van der Waals surface area contributed by atoms with Crippen molar-refractivity contribution in [3.05, 3.63) is 36.0 Å². The van der Waals surface area contributed by atoms with Crippen LogP contribution in [0.4, 0.5) is 0 Å². The Hall–Kier alpha value is -1.92. The summed E-state index contributed by atoms with van der Waals surface area (Å²) in [5.74, 6) is -0.918. The summed E-state index contributed by atoms with van der Waals surface area (Å²) in [6.07, 6.45) is 11.7. The zero-order chi connectivity index (χ0) is 22.1. The molecule has 0 unspecified atom stereocenters. The second-order valence-electron chi connectivity index (χ2n) is 8.53. The van der Waals surface area contributed by atoms with Crippen molar-refractivity contribution >= 4 is 11.9 Å². The Kier molecular flexibility index (Phi) is 9.80. The summed E-state index contributed by atoms with van der Waals surface area (Å²) in [6, 6.07) is 0. The van der Waals surface area contributed by atoms with Crippen molar-refractivity contribution in [3.63, 3.8) is 0 Å². The molecule has 0 spiro atoms. The highest BCUT2D eigenvalue weighted by atomic mass is 16.7. The summed E-state index contributed by atoms with van der Waals surface area (Å²) in [4.78, 5) is 22.3. The lowest BCUT2D eigenvalue weighted by atomic mass is 9.90. The van der Waals surface area contributed by atoms with Crippen LogP contribution in [0.25, 0.3) is 0 Å². The molecule has 0 radical (unpaired) electrons. The van der Waals surface area contributed by atoms with Gasteiger partial charge >= 0.3 is 11.9 Å². The van der Waals surface area contributed by atoms with Crippen LogP contribution < -0.4 is 0 Å². The molecule has 1 aliphatic heterocycles. The van der Waals surface area contributed by atoms with Crippen LogP contribution in [0.2, 0.25) is 0 Å². The van der Waals surface area contributed by atoms with Crippen molar-refractivity contribution < 1.29 is 28.9 Å². The van der Waals surface area contributed by atoms with Crippen LogP contribution in [0, 0.1) is 10.8 Å². The van der Waals surface area contributed by atoms with Gasteiger partial charge in [-0.15, -0.1) is 0 Å². The van der Waals surface area contributed by atoms with Crippen LogP contribution in [0.3, 0.4) is 0 Å². The van der Waals surface area contributed by atoms with E-state index in [9.17, 15) is 9.59 Å². The van der Waals surface area contributed by atoms with Crippen molar-refractivity contribution in [1.29, 1.82) is 0 Å². The van der Waals surface area contributed by atoms with Crippen LogP contribution in [0.5, 0.6) is 0 Å². The molecule has 1 saturated heterocycles. The molecule has 0 bridgehead atoms. The monoisotopic (exact) mass is 408 g/mol. The van der Waals surface area contributed by atoms with Crippen LogP contribution in [-0.2, 0) is 23.8 Å². The summed E-state index contributed by atoms with van der Waals surface area (Å²) >= 11 is 0. The summed E-state index contributed by atoms with van der Waals surface area (Å²) in [5.41, 5.74) is 0.00776. The highest BCUT2D eigenvalue weighted by molar-refractivity contribution is 5.76. The zero-order valence-corrected chi connectivity index (χ0v) is 18.6. The standard InChI is InChI=1S/C17H24O4.C6H12O2/c1-4-17(2,3)16(18)21-14-11-19-15(20-12-14)13-9-7-5-6-8-10-13;1-4-6(2,3)5(7)8/h5-7,9-10,14-15H,4,8,11-12H2,1-3H3;4H2,1-3H3,(H,7,8). The minimum absolute atomic E-state index is 0.196. The number of carboxylic acid groups (broad SMARTS) is 1. The predicted octanol–water partition coefficient (Wildman–Crippen LogP) is 4.66. The maximum atomic E-state index is 12.0. The quantitative estimate of drug-likeness (QED) is 0.644. The van der Waals surface area contributed by atoms with Gasteiger partial charge in [-0.05, 0) is 47.0 Å². The van der Waals surface area contributed by atoms with Crippen LogP contribution in [-0.4, -0.2) is 42.7 Å². The number of aliphatic carboxylic acids is 1. The second kappa shape index (κ2) is 11.3. The fourth-order valence-corrected chi connectivity index (χ4v) is 2.12. The molecule has 1 heterocycles. The lowest BCUT2D eigenvalue weighted by molar-refractivity contribution is -0.215. The Morgan fingerprint density at radius 1 is 1.07 bits per heavy atom. The minimum atomic E-state index is -0.722. The first-order chi connectivity index (χ1) is 13.5. The molecule has 1 N–H and O–H groups in total. The van der Waals surface area contributed by atoms with Crippen molar-refractivity contribution in [2.75, 3.05) is 13.2 Å². The number of hydrogen-bond acceptors (Lipinski definition) is 5. The fourth-order valence-electron chi connectivity index (χ4n) is 2.12. The molecule has 0 aromatic carbocycles. The SMILES string of the molecule is CCC(C)(C)C(=O)O.CCC(C)(C)C(=O)OC1COC(C2=CCC=CC=C2)OC1. The maximum absolute atomic E-state index is 12.0. The first-order valence-electron chi connectivity index (χ1n) is 10.2. The molecule has 0 saturated carbocycles. The van der Waals surface area contributed by atoms with E-state index in [1.165, 1.54) is 0 Å². The van der Waals surface area contributed by atoms with Crippen molar-refractivity contribution in [2.45, 2.75) is 73.2 Å². The highest BCUT2D eigenvalue weighted by Gasteiger charge is 2.32. The number of carboxylic acids is 1. The molecule has 1 fully saturated rings. The Morgan fingerprint density at radius 2 is 1.66 bits per heavy atom. The van der Waals surface area contributed by atoms with E-state index in [0.29, 0.717) is 19.6 Å². The normalized spacial score (nSPS) is 22.1. The number of allylic oxidation sites excluding steroid dienone is 4. The maximum Gasteiger partial charge on any atom is 0.311 e. The number of carbonyl (C=O) groups excluding carboxylic acids is 1. The van der Waals surface area contributed by atoms with Gasteiger partial charge < -0.3 is 19.3 Å². The number of esters is 1. The van der Waals surface area contributed by atoms with E-state index in [0.717, 1.165) is 18.4 Å². The van der Waals surface area contributed by atoms with Gasteiger partial charge in [0, 0.05) is 5.57 Å². The third-order valence-electron chi connectivity index (χ3n) is 5.34. The largest absolute Gasteiger partial charge is 0.481 e. The van der Waals surface area contributed by atoms with Gasteiger partial charge in [-0.3, -0.25) is 9.59 Å². The summed E-state index contributed by atoms with van der Waals surface area (Å²) in [7, 11) is 0. The number of rotatable bonds is 6. The molecule has 2 rings (SSSR count). The van der Waals surface area contributed by atoms with E-state index >= 15 is 0 Å². The predicted molar refractivity (Wildman–Crippen MR) is 112 cm³/mol. The van der Waals surface area contributed by atoms with Crippen molar-refractivity contribution in [3.8, 4) is 0 Å². The molecule has 2 aliphatic rings. The molecule has 0 aromatic heterocycles. The second-order valence-corrected chi connectivity index (χ2v) is 8.53. The van der Waals surface area contributed by atoms with E-state index in [-0.39, 0.29) is 18.4 Å². The van der Waals surface area contributed by atoms with E-state index in [1.807, 2.05) is 45.9 Å². The number of ether oxygens (including phenoxy) is 3. The lowest BCUT2D eigenvalue weighted by Gasteiger charge is -2.31. The molecule has 29 heavy (non-hydrogen) atoms. The topological polar surface area (TPSA) is 82.1 Å². The third-order valence-corrected chi connectivity index (χ3v) is 5.34. The van der Waals surface area contributed by atoms with Crippen molar-refractivity contribution in [1.82, 2.24) is 0 Å². The van der Waals surface area contributed by atoms with E-state index in [4.69, 9.17) is 19.3 Å². The first kappa shape index (κ1) is 25.1. The molecule has 0 aromatic rings. The lowest BCUT2D eigenvalue weighted by Crippen LogP contribution is -2.41. The number of hydrogen-bond donors (Lipinski definition) is 1. The van der Waals surface area contributed by atoms with Crippen LogP contribution in [0.1, 0.15) is 60.8 Å². The average molecular weight is 409 g/mol. The van der Waals surface area contributed by atoms with Gasteiger partial charge in [0.2, 0.25) is 0 Å². The Labute approximate surface area is 174 Å². The van der Waals surface area contributed by atoms with Crippen molar-refractivity contribution in [2.24, 2.45) is 10.8 Å². The van der Waals surface area contributed by atoms with E-state index < -0.39 is 16.8 Å². The van der Waals surface area contributed by atoms with Crippen LogP contribution in [0.15, 0.2) is 36.0 Å². The molecule has 1 aliphatic carbocycles. The van der Waals surface area contributed by atoms with Gasteiger partial charge in [0.15, 0.2) is 6.29 Å². The molecule has 6 heteroatoms. The molecular weight excluding hydrogens is 372 g/mol. The average Bonchev–Trinajstić information content (AvgIpc) is 2.98. The molecule has 6 nitrogen and oxygen atoms in total.